The Bertz CT molecular complexity index is 512. The molecule has 5 heteroatoms. The molecule has 0 bridgehead atoms. The molecule has 0 saturated heterocycles. The van der Waals surface area contributed by atoms with Gasteiger partial charge in [0.25, 0.3) is 0 Å². The minimum absolute atomic E-state index is 0.298. The lowest BCUT2D eigenvalue weighted by Gasteiger charge is -2.05. The standard InChI is InChI=1S/C36H70O5/c1-33(2)29-25-21-17-13-9-5-7-11-15-19-23-27-31-35(37)39-41-40-36(38)32-28-24-20-16-12-8-6-10-14-18-22-26-30-34(3)4/h33-34H,5-32H2,1-4H3. The largest absolute Gasteiger partial charge is 0.346 e. The molecular formula is C36H70O5. The van der Waals surface area contributed by atoms with Crippen LogP contribution in [0.5, 0.6) is 0 Å². The van der Waals surface area contributed by atoms with Crippen molar-refractivity contribution in [2.45, 2.75) is 207 Å². The number of hydrogen-bond acceptors (Lipinski definition) is 5. The van der Waals surface area contributed by atoms with E-state index in [1.165, 1.54) is 128 Å². The lowest BCUT2D eigenvalue weighted by Crippen LogP contribution is -2.10. The predicted molar refractivity (Wildman–Crippen MR) is 172 cm³/mol. The highest BCUT2D eigenvalue weighted by molar-refractivity contribution is 5.69. The fourth-order valence-corrected chi connectivity index (χ4v) is 5.36. The molecule has 0 aliphatic carbocycles. The normalized spacial score (nSPS) is 11.5. The van der Waals surface area contributed by atoms with Crippen molar-refractivity contribution < 1.29 is 24.4 Å². The summed E-state index contributed by atoms with van der Waals surface area (Å²) in [5.74, 6) is 0.739. The van der Waals surface area contributed by atoms with Crippen LogP contribution in [0.15, 0.2) is 0 Å². The highest BCUT2D eigenvalue weighted by Gasteiger charge is 2.09. The molecular weight excluding hydrogens is 512 g/mol. The maximum absolute atomic E-state index is 11.7. The molecule has 5 nitrogen and oxygen atoms in total. The SMILES string of the molecule is CC(C)CCCCCCCCCCCCCCC(=O)OOOC(=O)CCCCCCCCCCCCCCC(C)C. The Kier molecular flexibility index (Phi) is 31.0. The van der Waals surface area contributed by atoms with Crippen LogP contribution in [0.4, 0.5) is 0 Å². The van der Waals surface area contributed by atoms with Crippen molar-refractivity contribution in [3.05, 3.63) is 0 Å². The third kappa shape index (κ3) is 35.0. The molecule has 244 valence electrons. The smallest absolute Gasteiger partial charge is 0.260 e. The van der Waals surface area contributed by atoms with Crippen molar-refractivity contribution in [3.63, 3.8) is 0 Å². The van der Waals surface area contributed by atoms with E-state index in [-0.39, 0.29) is 0 Å². The van der Waals surface area contributed by atoms with Gasteiger partial charge in [-0.15, -0.1) is 0 Å². The van der Waals surface area contributed by atoms with Crippen molar-refractivity contribution in [3.8, 4) is 0 Å². The van der Waals surface area contributed by atoms with Gasteiger partial charge in [0.15, 0.2) is 0 Å². The molecule has 0 N–H and O–H groups in total. The summed E-state index contributed by atoms with van der Waals surface area (Å²) >= 11 is 0. The zero-order valence-electron chi connectivity index (χ0n) is 28.0. The maximum atomic E-state index is 11.7. The second kappa shape index (κ2) is 31.8. The van der Waals surface area contributed by atoms with E-state index in [0.29, 0.717) is 12.8 Å². The van der Waals surface area contributed by atoms with E-state index in [2.05, 4.69) is 42.5 Å². The van der Waals surface area contributed by atoms with Crippen LogP contribution in [0.3, 0.4) is 0 Å². The van der Waals surface area contributed by atoms with Gasteiger partial charge in [0, 0.05) is 17.9 Å². The molecule has 0 aliphatic rings. The maximum Gasteiger partial charge on any atom is 0.346 e. The third-order valence-electron chi connectivity index (χ3n) is 8.08. The van der Waals surface area contributed by atoms with Crippen LogP contribution in [0.1, 0.15) is 207 Å². The van der Waals surface area contributed by atoms with E-state index in [9.17, 15) is 9.59 Å². The summed E-state index contributed by atoms with van der Waals surface area (Å²) in [6.45, 7) is 9.23. The van der Waals surface area contributed by atoms with Crippen LogP contribution in [0, 0.1) is 11.8 Å². The summed E-state index contributed by atoms with van der Waals surface area (Å²) in [7, 11) is 0. The van der Waals surface area contributed by atoms with Gasteiger partial charge < -0.3 is 0 Å². The van der Waals surface area contributed by atoms with E-state index in [1.54, 1.807) is 0 Å². The molecule has 0 aromatic carbocycles. The molecule has 0 aliphatic heterocycles. The molecule has 41 heavy (non-hydrogen) atoms. The summed E-state index contributed by atoms with van der Waals surface area (Å²) in [6.07, 6.45) is 33.5. The van der Waals surface area contributed by atoms with Gasteiger partial charge in [-0.05, 0) is 24.7 Å². The zero-order chi connectivity index (χ0) is 30.2. The Labute approximate surface area is 255 Å². The number of hydrogen-bond donors (Lipinski definition) is 0. The Morgan fingerprint density at radius 3 is 0.829 bits per heavy atom. The summed E-state index contributed by atoms with van der Waals surface area (Å²) < 4.78 is 0. The van der Waals surface area contributed by atoms with Crippen molar-refractivity contribution >= 4 is 11.9 Å². The Hall–Kier alpha value is -1.10. The molecule has 0 fully saturated rings. The van der Waals surface area contributed by atoms with Crippen molar-refractivity contribution in [2.24, 2.45) is 11.8 Å². The molecule has 0 aromatic heterocycles. The molecule has 0 amide bonds. The van der Waals surface area contributed by atoms with Gasteiger partial charge in [-0.25, -0.2) is 9.59 Å². The Morgan fingerprint density at radius 2 is 0.585 bits per heavy atom. The Balaban J connectivity index is 3.28. The lowest BCUT2D eigenvalue weighted by molar-refractivity contribution is -0.459. The first-order valence-electron chi connectivity index (χ1n) is 18.0. The van der Waals surface area contributed by atoms with Crippen LogP contribution in [0.2, 0.25) is 0 Å². The number of carbonyl (C=O) groups is 2. The minimum Gasteiger partial charge on any atom is -0.260 e. The predicted octanol–water partition coefficient (Wildman–Crippen LogP) is 12.2. The van der Waals surface area contributed by atoms with Crippen LogP contribution >= 0.6 is 0 Å². The average Bonchev–Trinajstić information content (AvgIpc) is 2.93. The van der Waals surface area contributed by atoms with Crippen molar-refractivity contribution in [1.29, 1.82) is 0 Å². The van der Waals surface area contributed by atoms with Gasteiger partial charge in [0.05, 0.1) is 0 Å². The fraction of sp³-hybridized carbons (Fsp3) is 0.944. The molecule has 0 unspecified atom stereocenters. The first-order valence-corrected chi connectivity index (χ1v) is 18.0. The summed E-state index contributed by atoms with van der Waals surface area (Å²) in [4.78, 5) is 32.6. The lowest BCUT2D eigenvalue weighted by atomic mass is 10.0. The molecule has 0 atom stereocenters. The van der Waals surface area contributed by atoms with Gasteiger partial charge in [0.2, 0.25) is 0 Å². The van der Waals surface area contributed by atoms with Gasteiger partial charge in [-0.2, -0.15) is 0 Å². The van der Waals surface area contributed by atoms with E-state index >= 15 is 0 Å². The van der Waals surface area contributed by atoms with E-state index in [4.69, 9.17) is 0 Å². The van der Waals surface area contributed by atoms with Gasteiger partial charge >= 0.3 is 11.9 Å². The molecule has 0 radical (unpaired) electrons. The third-order valence-corrected chi connectivity index (χ3v) is 8.08. The summed E-state index contributed by atoms with van der Waals surface area (Å²) in [5.41, 5.74) is 0. The van der Waals surface area contributed by atoms with E-state index in [0.717, 1.165) is 50.4 Å². The van der Waals surface area contributed by atoms with Gasteiger partial charge in [-0.1, -0.05) is 182 Å². The Morgan fingerprint density at radius 1 is 0.366 bits per heavy atom. The summed E-state index contributed by atoms with van der Waals surface area (Å²) in [6, 6.07) is 0. The van der Waals surface area contributed by atoms with E-state index < -0.39 is 11.9 Å². The number of carbonyl (C=O) groups excluding carboxylic acids is 2. The zero-order valence-corrected chi connectivity index (χ0v) is 28.0. The molecule has 0 spiro atoms. The quantitative estimate of drug-likeness (QED) is 0.0448. The molecule has 0 rings (SSSR count). The highest BCUT2D eigenvalue weighted by Crippen LogP contribution is 2.16. The topological polar surface area (TPSA) is 61.8 Å². The average molecular weight is 583 g/mol. The van der Waals surface area contributed by atoms with E-state index in [1.807, 2.05) is 0 Å². The fourth-order valence-electron chi connectivity index (χ4n) is 5.36. The molecule has 0 heterocycles. The summed E-state index contributed by atoms with van der Waals surface area (Å²) in [5, 5.41) is 4.41. The van der Waals surface area contributed by atoms with Gasteiger partial charge in [-0.3, -0.25) is 9.78 Å². The van der Waals surface area contributed by atoms with Crippen LogP contribution in [0.25, 0.3) is 0 Å². The van der Waals surface area contributed by atoms with Crippen LogP contribution in [-0.2, 0) is 24.4 Å². The first-order chi connectivity index (χ1) is 19.9. The van der Waals surface area contributed by atoms with Crippen LogP contribution < -0.4 is 0 Å². The van der Waals surface area contributed by atoms with Crippen LogP contribution in [-0.4, -0.2) is 11.9 Å². The first kappa shape index (κ1) is 39.9. The second-order valence-corrected chi connectivity index (χ2v) is 13.3. The minimum atomic E-state index is -0.475. The monoisotopic (exact) mass is 583 g/mol. The highest BCUT2D eigenvalue weighted by atomic mass is 17.5. The second-order valence-electron chi connectivity index (χ2n) is 13.3. The molecule has 0 aromatic rings. The number of unbranched alkanes of at least 4 members (excludes halogenated alkanes) is 22. The van der Waals surface area contributed by atoms with Crippen molar-refractivity contribution in [1.82, 2.24) is 0 Å². The number of rotatable bonds is 32. The van der Waals surface area contributed by atoms with Crippen molar-refractivity contribution in [2.75, 3.05) is 0 Å². The molecule has 0 saturated carbocycles. The van der Waals surface area contributed by atoms with Gasteiger partial charge in [0.1, 0.15) is 0 Å².